The molecule has 2 atom stereocenters. The van der Waals surface area contributed by atoms with Crippen LogP contribution in [0.3, 0.4) is 0 Å². The molecule has 0 aromatic heterocycles. The van der Waals surface area contributed by atoms with E-state index in [1.165, 1.54) is 19.3 Å². The van der Waals surface area contributed by atoms with Gasteiger partial charge in [-0.3, -0.25) is 0 Å². The smallest absolute Gasteiger partial charge is 0.142 e. The summed E-state index contributed by atoms with van der Waals surface area (Å²) in [6.45, 7) is 0. The minimum atomic E-state index is -0.227. The van der Waals surface area contributed by atoms with Crippen LogP contribution in [0, 0.1) is 11.8 Å². The Balaban J connectivity index is 1.94. The highest BCUT2D eigenvalue weighted by Crippen LogP contribution is 2.54. The Hall–Kier alpha value is 0.250. The predicted octanol–water partition coefficient (Wildman–Crippen LogP) is 2.53. The van der Waals surface area contributed by atoms with Crippen molar-refractivity contribution in [2.75, 3.05) is 0 Å². The van der Waals surface area contributed by atoms with Gasteiger partial charge in [-0.05, 0) is 43.9 Å². The van der Waals surface area contributed by atoms with Gasteiger partial charge in [0.2, 0.25) is 0 Å². The Kier molecular flexibility index (Phi) is 1.19. The van der Waals surface area contributed by atoms with Crippen molar-refractivity contribution < 1.29 is 4.74 Å². The second kappa shape index (κ2) is 1.94. The predicted molar refractivity (Wildman–Crippen MR) is 43.5 cm³/mol. The second-order valence-electron chi connectivity index (χ2n) is 4.47. The Bertz CT molecular complexity index is 155. The number of hydrogen-bond acceptors (Lipinski definition) is 1. The largest absolute Gasteiger partial charge is 0.357 e. The van der Waals surface area contributed by atoms with E-state index in [1.807, 2.05) is 0 Å². The molecule has 2 aliphatic carbocycles. The fourth-order valence-electron chi connectivity index (χ4n) is 3.27. The van der Waals surface area contributed by atoms with Gasteiger partial charge in [0.1, 0.15) is 5.06 Å². The van der Waals surface area contributed by atoms with Gasteiger partial charge in [0.05, 0.1) is 6.10 Å². The lowest BCUT2D eigenvalue weighted by Crippen LogP contribution is -2.51. The van der Waals surface area contributed by atoms with E-state index in [-0.39, 0.29) is 5.06 Å². The lowest BCUT2D eigenvalue weighted by Gasteiger charge is -2.53. The zero-order valence-electron chi connectivity index (χ0n) is 6.55. The first kappa shape index (κ1) is 6.73. The molecule has 4 bridgehead atoms. The Labute approximate surface area is 72.1 Å². The Morgan fingerprint density at radius 3 is 2.18 bits per heavy atom. The van der Waals surface area contributed by atoms with Crippen LogP contribution in [0.1, 0.15) is 32.1 Å². The molecule has 2 saturated carbocycles. The standard InChI is InChI=1S/C9H13ClO/c10-9-4-6-1-7(5-9)3-8(2-6)11-9/h6-8H,1-5H2. The van der Waals surface area contributed by atoms with Crippen molar-refractivity contribution in [2.24, 2.45) is 11.8 Å². The van der Waals surface area contributed by atoms with Crippen molar-refractivity contribution >= 4 is 11.6 Å². The fraction of sp³-hybridized carbons (Fsp3) is 1.00. The molecule has 2 saturated heterocycles. The highest BCUT2D eigenvalue weighted by molar-refractivity contribution is 6.23. The summed E-state index contributed by atoms with van der Waals surface area (Å²) in [6, 6.07) is 0. The van der Waals surface area contributed by atoms with E-state index in [0.717, 1.165) is 24.7 Å². The van der Waals surface area contributed by atoms with E-state index in [0.29, 0.717) is 6.10 Å². The van der Waals surface area contributed by atoms with Crippen molar-refractivity contribution in [3.05, 3.63) is 0 Å². The molecule has 0 aromatic carbocycles. The van der Waals surface area contributed by atoms with Crippen LogP contribution >= 0.6 is 11.6 Å². The monoisotopic (exact) mass is 172 g/mol. The van der Waals surface area contributed by atoms with E-state index in [1.54, 1.807) is 0 Å². The summed E-state index contributed by atoms with van der Waals surface area (Å²) in [4.78, 5) is 0. The van der Waals surface area contributed by atoms with E-state index in [4.69, 9.17) is 16.3 Å². The lowest BCUT2D eigenvalue weighted by molar-refractivity contribution is -0.178. The zero-order valence-corrected chi connectivity index (χ0v) is 7.31. The van der Waals surface area contributed by atoms with Crippen LogP contribution in [0.5, 0.6) is 0 Å². The van der Waals surface area contributed by atoms with Gasteiger partial charge in [-0.1, -0.05) is 11.6 Å². The zero-order chi connectivity index (χ0) is 7.47. The van der Waals surface area contributed by atoms with Gasteiger partial charge in [-0.2, -0.15) is 0 Å². The SMILES string of the molecule is ClC12CC3CC(CC(C3)O1)C2. The molecule has 0 spiro atoms. The first-order valence-corrected chi connectivity index (χ1v) is 4.98. The van der Waals surface area contributed by atoms with Crippen LogP contribution in [0.15, 0.2) is 0 Å². The molecule has 0 radical (unpaired) electrons. The van der Waals surface area contributed by atoms with E-state index < -0.39 is 0 Å². The van der Waals surface area contributed by atoms with Crippen molar-refractivity contribution in [3.63, 3.8) is 0 Å². The molecule has 62 valence electrons. The third-order valence-corrected chi connectivity index (χ3v) is 3.82. The third-order valence-electron chi connectivity index (χ3n) is 3.42. The van der Waals surface area contributed by atoms with Crippen LogP contribution in [0.25, 0.3) is 0 Å². The highest BCUT2D eigenvalue weighted by atomic mass is 35.5. The van der Waals surface area contributed by atoms with Crippen molar-refractivity contribution in [1.29, 1.82) is 0 Å². The van der Waals surface area contributed by atoms with Crippen molar-refractivity contribution in [2.45, 2.75) is 43.3 Å². The minimum Gasteiger partial charge on any atom is -0.357 e. The molecule has 11 heavy (non-hydrogen) atoms. The molecule has 0 N–H and O–H groups in total. The number of halogens is 1. The number of alkyl halides is 1. The first-order valence-electron chi connectivity index (χ1n) is 4.60. The van der Waals surface area contributed by atoms with E-state index >= 15 is 0 Å². The molecule has 4 fully saturated rings. The van der Waals surface area contributed by atoms with Crippen molar-refractivity contribution in [1.82, 2.24) is 0 Å². The van der Waals surface area contributed by atoms with Crippen LogP contribution < -0.4 is 0 Å². The van der Waals surface area contributed by atoms with Gasteiger partial charge in [-0.25, -0.2) is 0 Å². The number of ether oxygens (including phenoxy) is 1. The van der Waals surface area contributed by atoms with Gasteiger partial charge in [-0.15, -0.1) is 0 Å². The van der Waals surface area contributed by atoms with Crippen LogP contribution in [-0.4, -0.2) is 11.2 Å². The average molecular weight is 173 g/mol. The number of rotatable bonds is 0. The van der Waals surface area contributed by atoms with Crippen molar-refractivity contribution in [3.8, 4) is 0 Å². The fourth-order valence-corrected chi connectivity index (χ4v) is 3.84. The van der Waals surface area contributed by atoms with Gasteiger partial charge < -0.3 is 4.74 Å². The quantitative estimate of drug-likeness (QED) is 0.511. The maximum absolute atomic E-state index is 6.31. The average Bonchev–Trinajstić information content (AvgIpc) is 1.79. The first-order chi connectivity index (χ1) is 5.23. The summed E-state index contributed by atoms with van der Waals surface area (Å²) in [7, 11) is 0. The maximum atomic E-state index is 6.31. The molecule has 4 aliphatic rings. The molecule has 2 aliphatic heterocycles. The highest BCUT2D eigenvalue weighted by Gasteiger charge is 2.50. The van der Waals surface area contributed by atoms with Crippen LogP contribution in [0.2, 0.25) is 0 Å². The molecular weight excluding hydrogens is 160 g/mol. The molecule has 1 nitrogen and oxygen atoms in total. The molecular formula is C9H13ClO. The third kappa shape index (κ3) is 0.940. The normalized spacial score (nSPS) is 60.3. The summed E-state index contributed by atoms with van der Waals surface area (Å²) in [5, 5.41) is -0.227. The summed E-state index contributed by atoms with van der Waals surface area (Å²) in [6.07, 6.45) is 6.73. The van der Waals surface area contributed by atoms with Gasteiger partial charge in [0, 0.05) is 0 Å². The molecule has 2 heterocycles. The minimum absolute atomic E-state index is 0.227. The molecule has 0 aromatic rings. The summed E-state index contributed by atoms with van der Waals surface area (Å²) in [5.41, 5.74) is 0. The van der Waals surface area contributed by atoms with Gasteiger partial charge in [0.15, 0.2) is 0 Å². The molecule has 2 unspecified atom stereocenters. The number of hydrogen-bond donors (Lipinski definition) is 0. The Morgan fingerprint density at radius 1 is 1.09 bits per heavy atom. The molecule has 2 heteroatoms. The Morgan fingerprint density at radius 2 is 1.73 bits per heavy atom. The van der Waals surface area contributed by atoms with Gasteiger partial charge >= 0.3 is 0 Å². The summed E-state index contributed by atoms with van der Waals surface area (Å²) >= 11 is 6.31. The topological polar surface area (TPSA) is 9.23 Å². The van der Waals surface area contributed by atoms with Gasteiger partial charge in [0.25, 0.3) is 0 Å². The van der Waals surface area contributed by atoms with Crippen LogP contribution in [-0.2, 0) is 4.74 Å². The second-order valence-corrected chi connectivity index (χ2v) is 5.16. The van der Waals surface area contributed by atoms with E-state index in [2.05, 4.69) is 0 Å². The molecule has 0 amide bonds. The van der Waals surface area contributed by atoms with Crippen LogP contribution in [0.4, 0.5) is 0 Å². The summed E-state index contributed by atoms with van der Waals surface area (Å²) in [5.74, 6) is 1.78. The lowest BCUT2D eigenvalue weighted by atomic mass is 9.67. The maximum Gasteiger partial charge on any atom is 0.142 e. The van der Waals surface area contributed by atoms with E-state index in [9.17, 15) is 0 Å². The summed E-state index contributed by atoms with van der Waals surface area (Å²) < 4.78 is 5.78. The molecule has 4 rings (SSSR count).